The van der Waals surface area contributed by atoms with Crippen molar-refractivity contribution in [1.29, 1.82) is 0 Å². The van der Waals surface area contributed by atoms with Gasteiger partial charge in [-0.15, -0.1) is 0 Å². The lowest BCUT2D eigenvalue weighted by Crippen LogP contribution is -2.37. The van der Waals surface area contributed by atoms with E-state index in [4.69, 9.17) is 20.2 Å². The van der Waals surface area contributed by atoms with Crippen molar-refractivity contribution in [1.82, 2.24) is 30.6 Å². The van der Waals surface area contributed by atoms with Crippen LogP contribution in [0.15, 0.2) is 42.1 Å². The number of allylic oxidation sites excluding steroid dienone is 3. The van der Waals surface area contributed by atoms with Crippen LogP contribution in [0.4, 0.5) is 0 Å². The van der Waals surface area contributed by atoms with Gasteiger partial charge < -0.3 is 50.7 Å². The summed E-state index contributed by atoms with van der Waals surface area (Å²) in [7, 11) is 0. The molecule has 8 N–H and O–H groups in total. The Bertz CT molecular complexity index is 2510. The Kier molecular flexibility index (Phi) is 13.2. The lowest BCUT2D eigenvalue weighted by molar-refractivity contribution is -0.139. The first-order chi connectivity index (χ1) is 28.0. The first-order valence-corrected chi connectivity index (χ1v) is 18.6. The van der Waals surface area contributed by atoms with Crippen LogP contribution in [-0.4, -0.2) is 95.1 Å². The molecule has 0 aromatic carbocycles. The second-order valence-electron chi connectivity index (χ2n) is 14.4. The summed E-state index contributed by atoms with van der Waals surface area (Å²) in [6.07, 6.45) is 3.91. The number of aromatic nitrogens is 4. The number of carboxylic acid groups (broad SMARTS) is 2. The fraction of sp³-hybridized carbons (Fsp3) is 0.310. The summed E-state index contributed by atoms with van der Waals surface area (Å²) < 4.78 is 0. The Morgan fingerprint density at radius 2 is 1.37 bits per heavy atom. The van der Waals surface area contributed by atoms with Crippen molar-refractivity contribution in [2.45, 2.75) is 83.9 Å². The second kappa shape index (κ2) is 18.1. The summed E-state index contributed by atoms with van der Waals surface area (Å²) in [5, 5.41) is 47.5. The quantitative estimate of drug-likeness (QED) is 0.0436. The van der Waals surface area contributed by atoms with Crippen molar-refractivity contribution >= 4 is 87.4 Å². The van der Waals surface area contributed by atoms with E-state index in [1.54, 1.807) is 31.2 Å². The van der Waals surface area contributed by atoms with Gasteiger partial charge in [0.2, 0.25) is 11.8 Å². The lowest BCUT2D eigenvalue weighted by atomic mass is 9.92. The van der Waals surface area contributed by atoms with E-state index in [-0.39, 0.29) is 31.4 Å². The van der Waals surface area contributed by atoms with Crippen molar-refractivity contribution in [3.05, 3.63) is 81.9 Å². The minimum atomic E-state index is -1.67. The molecule has 3 aromatic heterocycles. The zero-order valence-corrected chi connectivity index (χ0v) is 32.9. The van der Waals surface area contributed by atoms with E-state index in [0.29, 0.717) is 74.0 Å². The van der Waals surface area contributed by atoms with Gasteiger partial charge >= 0.3 is 11.9 Å². The average Bonchev–Trinajstić information content (AvgIpc) is 3.81. The number of carbonyl (C=O) groups excluding carboxylic acids is 4. The fourth-order valence-electron chi connectivity index (χ4n) is 7.20. The Balaban J connectivity index is 1.76. The highest BCUT2D eigenvalue weighted by molar-refractivity contribution is 5.96. The van der Waals surface area contributed by atoms with Gasteiger partial charge in [0.05, 0.1) is 53.9 Å². The van der Waals surface area contributed by atoms with E-state index in [1.807, 2.05) is 26.8 Å². The Hall–Kier alpha value is -7.01. The number of nitrogens with zero attached hydrogens (tertiary/aromatic N) is 3. The molecule has 5 heterocycles. The molecule has 308 valence electrons. The summed E-state index contributed by atoms with van der Waals surface area (Å²) in [6.45, 7) is 11.1. The van der Waals surface area contributed by atoms with Crippen LogP contribution in [0, 0.1) is 13.8 Å². The predicted octanol–water partition coefficient (Wildman–Crippen LogP) is 4.29. The molecule has 0 saturated carbocycles. The van der Waals surface area contributed by atoms with Crippen molar-refractivity contribution in [2.24, 2.45) is 5.16 Å². The zero-order chi connectivity index (χ0) is 43.2. The van der Waals surface area contributed by atoms with E-state index in [9.17, 15) is 39.1 Å². The number of aldehydes is 2. The number of rotatable bonds is 16. The van der Waals surface area contributed by atoms with Gasteiger partial charge in [-0.2, -0.15) is 0 Å². The molecule has 0 radical (unpaired) electrons. The van der Waals surface area contributed by atoms with Crippen LogP contribution in [0.2, 0.25) is 0 Å². The number of hydrogen-bond donors (Lipinski definition) is 8. The monoisotopic (exact) mass is 807 g/mol. The SMILES string of the molecule is C=Cc1c(C)c2cc3nc(cc4[nH]c(cc5nc(cc1[nH]2)C(C)=C5CCC(=O)N[C@H](C=O)CC(=O)O)c(CCC(=O)N[C@H](C=O)CC(=O)O)c4C)C(C)(O)/C3=C\C=N/O. The fourth-order valence-corrected chi connectivity index (χ4v) is 7.20. The molecule has 8 bridgehead atoms. The van der Waals surface area contributed by atoms with Crippen LogP contribution in [0.1, 0.15) is 91.0 Å². The summed E-state index contributed by atoms with van der Waals surface area (Å²) in [5.41, 5.74) is 6.99. The number of aryl methyl sites for hydroxylation is 3. The first kappa shape index (κ1) is 43.1. The number of aliphatic carboxylic acids is 2. The van der Waals surface area contributed by atoms with Gasteiger partial charge in [0.25, 0.3) is 0 Å². The molecule has 0 fully saturated rings. The molecule has 2 aliphatic heterocycles. The van der Waals surface area contributed by atoms with Gasteiger partial charge in [-0.05, 0) is 98.7 Å². The van der Waals surface area contributed by atoms with Crippen molar-refractivity contribution < 1.29 is 49.3 Å². The van der Waals surface area contributed by atoms with Crippen LogP contribution in [-0.2, 0) is 40.8 Å². The molecule has 3 atom stereocenters. The standard InChI is InChI=1S/C42H45N7O10/c1-6-26-21(2)31-16-36-29(11-12-43-59)42(5,58)37(49-36)18-32-23(4)28(8-10-39(53)45-25(20-51)14-41(56)57)35(48-32)17-34-27(22(3)30(47-34)15-33(26)46-31)7-9-38(52)44-24(19-50)13-40(54)55/h6,11-12,15-20,24-25,46,48,58-59H,1,7-10,13-14H2,2-5H3,(H,44,52)(H,45,53)(H,54,55)(H,56,57)/b29-11-,30-15?,31-16?,32-18?,33-15?,34-17?,35-17?,36-16?,37-18?,43-12-/t24-,25-,42?/m0/s1. The summed E-state index contributed by atoms with van der Waals surface area (Å²) >= 11 is 0. The summed E-state index contributed by atoms with van der Waals surface area (Å²) in [6, 6.07) is 4.61. The van der Waals surface area contributed by atoms with Crippen molar-refractivity contribution in [3.8, 4) is 0 Å². The van der Waals surface area contributed by atoms with Gasteiger partial charge in [-0.3, -0.25) is 19.2 Å². The van der Waals surface area contributed by atoms with Crippen molar-refractivity contribution in [2.75, 3.05) is 0 Å². The number of amides is 2. The van der Waals surface area contributed by atoms with Crippen LogP contribution < -0.4 is 10.6 Å². The number of hydrogen-bond acceptors (Lipinski definition) is 11. The number of carbonyl (C=O) groups is 6. The summed E-state index contributed by atoms with van der Waals surface area (Å²) in [5.74, 6) is -3.59. The molecule has 2 amide bonds. The predicted molar refractivity (Wildman–Crippen MR) is 219 cm³/mol. The molecule has 17 nitrogen and oxygen atoms in total. The van der Waals surface area contributed by atoms with Crippen LogP contribution in [0.25, 0.3) is 44.9 Å². The third kappa shape index (κ3) is 9.59. The highest BCUT2D eigenvalue weighted by atomic mass is 16.4. The molecule has 17 heteroatoms. The normalized spacial score (nSPS) is 16.8. The van der Waals surface area contributed by atoms with E-state index < -0.39 is 54.3 Å². The van der Waals surface area contributed by atoms with Gasteiger partial charge in [0, 0.05) is 46.0 Å². The number of nitrogens with one attached hydrogen (secondary N) is 4. The number of aromatic amines is 2. The Labute approximate surface area is 337 Å². The largest absolute Gasteiger partial charge is 0.481 e. The van der Waals surface area contributed by atoms with Gasteiger partial charge in [-0.25, -0.2) is 9.97 Å². The molecule has 0 saturated heterocycles. The maximum atomic E-state index is 13.0. The molecule has 0 spiro atoms. The number of carboxylic acids is 2. The highest BCUT2D eigenvalue weighted by Crippen LogP contribution is 2.40. The molecular weight excluding hydrogens is 763 g/mol. The van der Waals surface area contributed by atoms with Crippen LogP contribution in [0.5, 0.6) is 0 Å². The third-order valence-electron chi connectivity index (χ3n) is 10.4. The molecular formula is C42H45N7O10. The Morgan fingerprint density at radius 1 is 0.814 bits per heavy atom. The maximum Gasteiger partial charge on any atom is 0.305 e. The zero-order valence-electron chi connectivity index (χ0n) is 32.9. The van der Waals surface area contributed by atoms with E-state index in [1.165, 1.54) is 6.08 Å². The number of oxime groups is 1. The number of fused-ring (bicyclic) bond motifs is 8. The van der Waals surface area contributed by atoms with E-state index >= 15 is 0 Å². The molecule has 5 rings (SSSR count). The van der Waals surface area contributed by atoms with Crippen LogP contribution >= 0.6 is 0 Å². The Morgan fingerprint density at radius 3 is 1.95 bits per heavy atom. The molecule has 1 unspecified atom stereocenters. The average molecular weight is 808 g/mol. The minimum absolute atomic E-state index is 0.107. The lowest BCUT2D eigenvalue weighted by Gasteiger charge is -2.18. The topological polar surface area (TPSA) is 277 Å². The van der Waals surface area contributed by atoms with Crippen molar-refractivity contribution in [3.63, 3.8) is 0 Å². The van der Waals surface area contributed by atoms with E-state index in [2.05, 4.69) is 32.3 Å². The van der Waals surface area contributed by atoms with Gasteiger partial charge in [0.1, 0.15) is 18.2 Å². The van der Waals surface area contributed by atoms with E-state index in [0.717, 1.165) is 22.9 Å². The maximum absolute atomic E-state index is 13.0. The molecule has 2 aliphatic rings. The smallest absolute Gasteiger partial charge is 0.305 e. The minimum Gasteiger partial charge on any atom is -0.481 e. The molecule has 3 aromatic rings. The highest BCUT2D eigenvalue weighted by Gasteiger charge is 2.36. The second-order valence-corrected chi connectivity index (χ2v) is 14.4. The molecule has 0 aliphatic carbocycles. The molecule has 59 heavy (non-hydrogen) atoms. The first-order valence-electron chi connectivity index (χ1n) is 18.6. The number of aliphatic hydroxyl groups is 1. The summed E-state index contributed by atoms with van der Waals surface area (Å²) in [4.78, 5) is 88.0. The van der Waals surface area contributed by atoms with Gasteiger partial charge in [0.15, 0.2) is 0 Å². The number of H-pyrrole nitrogens is 2. The van der Waals surface area contributed by atoms with Gasteiger partial charge in [-0.1, -0.05) is 17.8 Å². The van der Waals surface area contributed by atoms with Crippen LogP contribution in [0.3, 0.4) is 0 Å². The third-order valence-corrected chi connectivity index (χ3v) is 10.4.